The molecule has 98 valence electrons. The highest BCUT2D eigenvalue weighted by Crippen LogP contribution is 2.32. The van der Waals surface area contributed by atoms with Gasteiger partial charge in [0, 0.05) is 32.0 Å². The van der Waals surface area contributed by atoms with E-state index in [0.717, 1.165) is 25.1 Å². The van der Waals surface area contributed by atoms with Gasteiger partial charge in [0.1, 0.15) is 5.60 Å². The molecule has 3 nitrogen and oxygen atoms in total. The number of hydrogen-bond donors (Lipinski definition) is 1. The summed E-state index contributed by atoms with van der Waals surface area (Å²) in [6, 6.07) is 14.2. The van der Waals surface area contributed by atoms with E-state index in [1.807, 2.05) is 18.2 Å². The van der Waals surface area contributed by atoms with Crippen LogP contribution in [0.2, 0.25) is 0 Å². The number of nitrogens with zero attached hydrogens (tertiary/aromatic N) is 2. The van der Waals surface area contributed by atoms with Gasteiger partial charge in [-0.2, -0.15) is 0 Å². The fraction of sp³-hybridized carbons (Fsp3) is 0.312. The summed E-state index contributed by atoms with van der Waals surface area (Å²) in [6.07, 6.45) is 4.27. The summed E-state index contributed by atoms with van der Waals surface area (Å²) in [7, 11) is 0. The molecule has 2 aromatic rings. The number of β-amino-alcohol motifs (C(OH)–C–C–N with tert-alkyl or cyclic N) is 1. The minimum atomic E-state index is -0.724. The summed E-state index contributed by atoms with van der Waals surface area (Å²) in [5.74, 6) is 0. The Hall–Kier alpha value is -1.71. The third-order valence-electron chi connectivity index (χ3n) is 3.79. The maximum atomic E-state index is 10.7. The van der Waals surface area contributed by atoms with Crippen LogP contribution in [0.15, 0.2) is 54.9 Å². The van der Waals surface area contributed by atoms with E-state index in [2.05, 4.69) is 34.1 Å². The van der Waals surface area contributed by atoms with Crippen LogP contribution < -0.4 is 0 Å². The van der Waals surface area contributed by atoms with Gasteiger partial charge in [0.05, 0.1) is 0 Å². The zero-order valence-corrected chi connectivity index (χ0v) is 10.9. The van der Waals surface area contributed by atoms with Gasteiger partial charge in [-0.3, -0.25) is 9.88 Å². The van der Waals surface area contributed by atoms with Crippen molar-refractivity contribution in [2.75, 3.05) is 13.1 Å². The second kappa shape index (κ2) is 5.11. The van der Waals surface area contributed by atoms with Crippen molar-refractivity contribution in [1.82, 2.24) is 9.88 Å². The lowest BCUT2D eigenvalue weighted by atomic mass is 9.94. The van der Waals surface area contributed by atoms with Crippen LogP contribution in [0.25, 0.3) is 0 Å². The van der Waals surface area contributed by atoms with Crippen LogP contribution in [-0.2, 0) is 12.1 Å². The Morgan fingerprint density at radius 2 is 1.84 bits per heavy atom. The van der Waals surface area contributed by atoms with E-state index in [4.69, 9.17) is 0 Å². The molecular formula is C16H18N2O. The predicted molar refractivity (Wildman–Crippen MR) is 74.5 cm³/mol. The van der Waals surface area contributed by atoms with E-state index in [9.17, 15) is 5.11 Å². The Balaban J connectivity index is 1.70. The van der Waals surface area contributed by atoms with Gasteiger partial charge in [-0.15, -0.1) is 0 Å². The van der Waals surface area contributed by atoms with Gasteiger partial charge in [-0.05, 0) is 29.7 Å². The molecule has 1 saturated heterocycles. The number of aliphatic hydroxyl groups is 1. The molecule has 3 heteroatoms. The molecule has 1 aromatic carbocycles. The van der Waals surface area contributed by atoms with Crippen LogP contribution in [-0.4, -0.2) is 28.1 Å². The van der Waals surface area contributed by atoms with Crippen LogP contribution in [0, 0.1) is 0 Å². The second-order valence-electron chi connectivity index (χ2n) is 5.21. The molecule has 0 bridgehead atoms. The van der Waals surface area contributed by atoms with Crippen molar-refractivity contribution < 1.29 is 5.11 Å². The molecule has 1 N–H and O–H groups in total. The Labute approximate surface area is 113 Å². The summed E-state index contributed by atoms with van der Waals surface area (Å²) in [5, 5.41) is 10.7. The third kappa shape index (κ3) is 2.67. The maximum absolute atomic E-state index is 10.7. The number of hydrogen-bond acceptors (Lipinski definition) is 3. The molecule has 19 heavy (non-hydrogen) atoms. The molecule has 1 unspecified atom stereocenters. The molecule has 1 fully saturated rings. The van der Waals surface area contributed by atoms with Crippen molar-refractivity contribution in [3.05, 3.63) is 66.0 Å². The lowest BCUT2D eigenvalue weighted by Gasteiger charge is -2.23. The minimum absolute atomic E-state index is 0.686. The lowest BCUT2D eigenvalue weighted by molar-refractivity contribution is 0.0452. The highest BCUT2D eigenvalue weighted by atomic mass is 16.3. The van der Waals surface area contributed by atoms with Crippen LogP contribution in [0.4, 0.5) is 0 Å². The molecule has 0 amide bonds. The number of aromatic nitrogens is 1. The topological polar surface area (TPSA) is 36.4 Å². The van der Waals surface area contributed by atoms with Crippen LogP contribution >= 0.6 is 0 Å². The number of benzene rings is 1. The van der Waals surface area contributed by atoms with Crippen molar-refractivity contribution in [1.29, 1.82) is 0 Å². The molecule has 0 radical (unpaired) electrons. The number of likely N-dealkylation sites (tertiary alicyclic amines) is 1. The highest BCUT2D eigenvalue weighted by molar-refractivity contribution is 5.22. The molecule has 1 aromatic heterocycles. The van der Waals surface area contributed by atoms with Gasteiger partial charge < -0.3 is 5.11 Å². The summed E-state index contributed by atoms with van der Waals surface area (Å²) in [5.41, 5.74) is 1.54. The molecule has 1 aliphatic heterocycles. The van der Waals surface area contributed by atoms with E-state index in [-0.39, 0.29) is 0 Å². The Morgan fingerprint density at radius 3 is 2.58 bits per heavy atom. The monoisotopic (exact) mass is 254 g/mol. The molecule has 0 saturated carbocycles. The van der Waals surface area contributed by atoms with E-state index >= 15 is 0 Å². The predicted octanol–water partition coefficient (Wildman–Crippen LogP) is 2.18. The summed E-state index contributed by atoms with van der Waals surface area (Å²) in [4.78, 5) is 6.31. The zero-order chi connectivity index (χ0) is 13.1. The van der Waals surface area contributed by atoms with E-state index in [1.165, 1.54) is 5.56 Å². The average molecular weight is 254 g/mol. The average Bonchev–Trinajstić information content (AvgIpc) is 2.84. The van der Waals surface area contributed by atoms with Gasteiger partial charge in [0.2, 0.25) is 0 Å². The molecular weight excluding hydrogens is 236 g/mol. The molecule has 2 heterocycles. The first-order valence-corrected chi connectivity index (χ1v) is 6.65. The van der Waals surface area contributed by atoms with Gasteiger partial charge in [0.25, 0.3) is 0 Å². The third-order valence-corrected chi connectivity index (χ3v) is 3.79. The van der Waals surface area contributed by atoms with Crippen molar-refractivity contribution in [2.45, 2.75) is 18.6 Å². The molecule has 0 spiro atoms. The van der Waals surface area contributed by atoms with Gasteiger partial charge >= 0.3 is 0 Å². The summed E-state index contributed by atoms with van der Waals surface area (Å²) >= 11 is 0. The van der Waals surface area contributed by atoms with Gasteiger partial charge in [-0.25, -0.2) is 0 Å². The Morgan fingerprint density at radius 1 is 1.11 bits per heavy atom. The SMILES string of the molecule is OC1(c2ccncc2)CCN(Cc2ccccc2)C1. The smallest absolute Gasteiger partial charge is 0.104 e. The molecule has 3 rings (SSSR count). The standard InChI is InChI=1S/C16H18N2O/c19-16(15-6-9-17-10-7-15)8-11-18(13-16)12-14-4-2-1-3-5-14/h1-7,9-10,19H,8,11-13H2. The lowest BCUT2D eigenvalue weighted by Crippen LogP contribution is -2.30. The van der Waals surface area contributed by atoms with E-state index < -0.39 is 5.60 Å². The van der Waals surface area contributed by atoms with E-state index in [0.29, 0.717) is 6.54 Å². The number of rotatable bonds is 3. The molecule has 0 aliphatic carbocycles. The first-order valence-electron chi connectivity index (χ1n) is 6.65. The highest BCUT2D eigenvalue weighted by Gasteiger charge is 2.37. The second-order valence-corrected chi connectivity index (χ2v) is 5.21. The fourth-order valence-corrected chi connectivity index (χ4v) is 2.75. The number of pyridine rings is 1. The fourth-order valence-electron chi connectivity index (χ4n) is 2.75. The van der Waals surface area contributed by atoms with Gasteiger partial charge in [0.15, 0.2) is 0 Å². The van der Waals surface area contributed by atoms with Crippen molar-refractivity contribution in [3.8, 4) is 0 Å². The zero-order valence-electron chi connectivity index (χ0n) is 10.9. The summed E-state index contributed by atoms with van der Waals surface area (Å²) < 4.78 is 0. The first kappa shape index (κ1) is 12.3. The largest absolute Gasteiger partial charge is 0.384 e. The van der Waals surface area contributed by atoms with E-state index in [1.54, 1.807) is 12.4 Å². The first-order chi connectivity index (χ1) is 9.26. The van der Waals surface area contributed by atoms with Crippen molar-refractivity contribution in [3.63, 3.8) is 0 Å². The normalized spacial score (nSPS) is 23.6. The maximum Gasteiger partial charge on any atom is 0.104 e. The minimum Gasteiger partial charge on any atom is -0.384 e. The van der Waals surface area contributed by atoms with Crippen molar-refractivity contribution in [2.24, 2.45) is 0 Å². The van der Waals surface area contributed by atoms with Crippen LogP contribution in [0.3, 0.4) is 0 Å². The van der Waals surface area contributed by atoms with Crippen molar-refractivity contribution >= 4 is 0 Å². The Kier molecular flexibility index (Phi) is 3.32. The molecule has 1 atom stereocenters. The van der Waals surface area contributed by atoms with Crippen LogP contribution in [0.5, 0.6) is 0 Å². The molecule has 1 aliphatic rings. The Bertz CT molecular complexity index is 529. The van der Waals surface area contributed by atoms with Gasteiger partial charge in [-0.1, -0.05) is 30.3 Å². The summed E-state index contributed by atoms with van der Waals surface area (Å²) in [6.45, 7) is 2.51. The van der Waals surface area contributed by atoms with Crippen LogP contribution in [0.1, 0.15) is 17.5 Å². The quantitative estimate of drug-likeness (QED) is 0.912.